The van der Waals surface area contributed by atoms with Gasteiger partial charge in [0.05, 0.1) is 10.2 Å². The summed E-state index contributed by atoms with van der Waals surface area (Å²) in [7, 11) is 0. The average Bonchev–Trinajstić information content (AvgIpc) is 2.15. The Balaban J connectivity index is 3.01. The van der Waals surface area contributed by atoms with Crippen LogP contribution < -0.4 is 10.5 Å². The topological polar surface area (TPSA) is 72.5 Å². The van der Waals surface area contributed by atoms with E-state index in [0.717, 1.165) is 6.07 Å². The number of nitrogen functional groups attached to an aromatic ring is 1. The zero-order valence-electron chi connectivity index (χ0n) is 8.54. The van der Waals surface area contributed by atoms with Crippen molar-refractivity contribution in [3.63, 3.8) is 0 Å². The number of hydrogen-bond acceptors (Lipinski definition) is 3. The molecule has 0 aliphatic carbocycles. The number of halogens is 2. The van der Waals surface area contributed by atoms with Crippen molar-refractivity contribution in [2.75, 3.05) is 5.73 Å². The molecule has 0 bridgehead atoms. The lowest BCUT2D eigenvalue weighted by molar-refractivity contribution is -0.145. The second-order valence-corrected chi connectivity index (χ2v) is 4.01. The van der Waals surface area contributed by atoms with Crippen LogP contribution in [0.4, 0.5) is 10.1 Å². The molecule has 3 N–H and O–H groups in total. The molecule has 16 heavy (non-hydrogen) atoms. The van der Waals surface area contributed by atoms with Crippen molar-refractivity contribution in [3.05, 3.63) is 22.4 Å². The van der Waals surface area contributed by atoms with Crippen LogP contribution in [0.15, 0.2) is 16.6 Å². The highest BCUT2D eigenvalue weighted by Crippen LogP contribution is 2.33. The lowest BCUT2D eigenvalue weighted by atomic mass is 10.2. The highest BCUT2D eigenvalue weighted by molar-refractivity contribution is 9.10. The van der Waals surface area contributed by atoms with Gasteiger partial charge >= 0.3 is 5.97 Å². The van der Waals surface area contributed by atoms with Crippen LogP contribution in [-0.4, -0.2) is 17.2 Å². The Morgan fingerprint density at radius 3 is 2.75 bits per heavy atom. The molecule has 0 amide bonds. The highest BCUT2D eigenvalue weighted by Gasteiger charge is 2.20. The van der Waals surface area contributed by atoms with Crippen molar-refractivity contribution in [3.8, 4) is 5.75 Å². The second kappa shape index (κ2) is 5.16. The Hall–Kier alpha value is -1.30. The molecule has 0 spiro atoms. The molecule has 1 aromatic carbocycles. The standard InChI is InChI=1S/C10H11BrFNO3/c1-2-8(10(14)15)16-9-6(11)3-5(12)4-7(9)13/h3-4,8H,2,13H2,1H3,(H,14,15). The minimum atomic E-state index is -1.09. The molecule has 0 aliphatic heterocycles. The van der Waals surface area contributed by atoms with E-state index in [2.05, 4.69) is 15.9 Å². The molecule has 6 heteroatoms. The van der Waals surface area contributed by atoms with Crippen LogP contribution >= 0.6 is 15.9 Å². The summed E-state index contributed by atoms with van der Waals surface area (Å²) in [6.07, 6.45) is -0.706. The first-order valence-electron chi connectivity index (χ1n) is 4.59. The van der Waals surface area contributed by atoms with E-state index in [1.54, 1.807) is 6.92 Å². The first-order valence-corrected chi connectivity index (χ1v) is 5.39. The summed E-state index contributed by atoms with van der Waals surface area (Å²) < 4.78 is 18.4. The van der Waals surface area contributed by atoms with Gasteiger partial charge in [0.1, 0.15) is 5.82 Å². The molecule has 0 fully saturated rings. The normalized spacial score (nSPS) is 12.2. The summed E-state index contributed by atoms with van der Waals surface area (Å²) in [4.78, 5) is 10.8. The zero-order chi connectivity index (χ0) is 12.3. The molecule has 0 aromatic heterocycles. The van der Waals surface area contributed by atoms with Crippen LogP contribution in [0.1, 0.15) is 13.3 Å². The van der Waals surface area contributed by atoms with Crippen LogP contribution in [0.2, 0.25) is 0 Å². The monoisotopic (exact) mass is 291 g/mol. The number of hydrogen-bond donors (Lipinski definition) is 2. The van der Waals surface area contributed by atoms with Gasteiger partial charge in [0.2, 0.25) is 0 Å². The molecule has 1 rings (SSSR count). The molecule has 0 saturated carbocycles. The van der Waals surface area contributed by atoms with E-state index in [-0.39, 0.29) is 11.4 Å². The van der Waals surface area contributed by atoms with Gasteiger partial charge in [0.25, 0.3) is 0 Å². The largest absolute Gasteiger partial charge is 0.479 e. The molecular weight excluding hydrogens is 281 g/mol. The summed E-state index contributed by atoms with van der Waals surface area (Å²) in [5, 5.41) is 8.82. The van der Waals surface area contributed by atoms with Crippen molar-refractivity contribution in [1.82, 2.24) is 0 Å². The van der Waals surface area contributed by atoms with E-state index in [1.165, 1.54) is 6.07 Å². The molecule has 0 heterocycles. The van der Waals surface area contributed by atoms with Crippen LogP contribution in [-0.2, 0) is 4.79 Å². The minimum Gasteiger partial charge on any atom is -0.479 e. The smallest absolute Gasteiger partial charge is 0.344 e. The molecule has 1 atom stereocenters. The van der Waals surface area contributed by atoms with Crippen LogP contribution in [0.25, 0.3) is 0 Å². The van der Waals surface area contributed by atoms with E-state index < -0.39 is 17.9 Å². The summed E-state index contributed by atoms with van der Waals surface area (Å²) in [5.41, 5.74) is 5.60. The molecule has 4 nitrogen and oxygen atoms in total. The van der Waals surface area contributed by atoms with Gasteiger partial charge < -0.3 is 15.6 Å². The quantitative estimate of drug-likeness (QED) is 0.836. The van der Waals surface area contributed by atoms with Gasteiger partial charge in [-0.25, -0.2) is 9.18 Å². The van der Waals surface area contributed by atoms with Gasteiger partial charge in [-0.15, -0.1) is 0 Å². The van der Waals surface area contributed by atoms with E-state index in [9.17, 15) is 9.18 Å². The van der Waals surface area contributed by atoms with E-state index >= 15 is 0 Å². The predicted octanol–water partition coefficient (Wildman–Crippen LogP) is 2.41. The van der Waals surface area contributed by atoms with Crippen LogP contribution in [0.3, 0.4) is 0 Å². The Kier molecular flexibility index (Phi) is 4.12. The third-order valence-corrected chi connectivity index (χ3v) is 2.53. The average molecular weight is 292 g/mol. The maximum atomic E-state index is 12.9. The lowest BCUT2D eigenvalue weighted by Gasteiger charge is -2.16. The molecule has 88 valence electrons. The fourth-order valence-corrected chi connectivity index (χ4v) is 1.70. The maximum absolute atomic E-state index is 12.9. The Morgan fingerprint density at radius 1 is 1.69 bits per heavy atom. The number of benzene rings is 1. The molecular formula is C10H11BrFNO3. The number of ether oxygens (including phenoxy) is 1. The van der Waals surface area contributed by atoms with Crippen molar-refractivity contribution < 1.29 is 19.0 Å². The number of rotatable bonds is 4. The fourth-order valence-electron chi connectivity index (χ4n) is 1.16. The minimum absolute atomic E-state index is 0.0616. The zero-order valence-corrected chi connectivity index (χ0v) is 10.1. The number of aliphatic carboxylic acids is 1. The third kappa shape index (κ3) is 2.85. The number of nitrogens with two attached hydrogens (primary N) is 1. The summed E-state index contributed by atoms with van der Waals surface area (Å²) in [6.45, 7) is 1.67. The van der Waals surface area contributed by atoms with Crippen molar-refractivity contribution >= 4 is 27.6 Å². The summed E-state index contributed by atoms with van der Waals surface area (Å²) >= 11 is 3.07. The van der Waals surface area contributed by atoms with Crippen LogP contribution in [0.5, 0.6) is 5.75 Å². The number of carboxylic acids is 1. The van der Waals surface area contributed by atoms with Gasteiger partial charge in [0.15, 0.2) is 11.9 Å². The SMILES string of the molecule is CCC(Oc1c(N)cc(F)cc1Br)C(=O)O. The van der Waals surface area contributed by atoms with Gasteiger partial charge in [0, 0.05) is 6.07 Å². The van der Waals surface area contributed by atoms with E-state index in [0.29, 0.717) is 10.9 Å². The lowest BCUT2D eigenvalue weighted by Crippen LogP contribution is -2.26. The molecule has 0 radical (unpaired) electrons. The Morgan fingerprint density at radius 2 is 2.31 bits per heavy atom. The number of carbonyl (C=O) groups is 1. The summed E-state index contributed by atoms with van der Waals surface area (Å²) in [5.74, 6) is -1.45. The van der Waals surface area contributed by atoms with Gasteiger partial charge in [-0.05, 0) is 28.4 Å². The molecule has 1 aromatic rings. The fraction of sp³-hybridized carbons (Fsp3) is 0.300. The highest BCUT2D eigenvalue weighted by atomic mass is 79.9. The molecule has 0 aliphatic rings. The van der Waals surface area contributed by atoms with Gasteiger partial charge in [-0.1, -0.05) is 6.92 Å². The third-order valence-electron chi connectivity index (χ3n) is 1.94. The maximum Gasteiger partial charge on any atom is 0.344 e. The van der Waals surface area contributed by atoms with Crippen LogP contribution in [0, 0.1) is 5.82 Å². The van der Waals surface area contributed by atoms with Gasteiger partial charge in [-0.3, -0.25) is 0 Å². The number of carboxylic acid groups (broad SMARTS) is 1. The molecule has 0 saturated heterocycles. The van der Waals surface area contributed by atoms with Gasteiger partial charge in [-0.2, -0.15) is 0 Å². The van der Waals surface area contributed by atoms with Crippen molar-refractivity contribution in [2.24, 2.45) is 0 Å². The predicted molar refractivity (Wildman–Crippen MR) is 60.9 cm³/mol. The van der Waals surface area contributed by atoms with E-state index in [1.807, 2.05) is 0 Å². The second-order valence-electron chi connectivity index (χ2n) is 3.16. The summed E-state index contributed by atoms with van der Waals surface area (Å²) in [6, 6.07) is 2.24. The van der Waals surface area contributed by atoms with Crippen molar-refractivity contribution in [2.45, 2.75) is 19.4 Å². The first kappa shape index (κ1) is 12.8. The Labute approximate surface area is 100 Å². The number of anilines is 1. The van der Waals surface area contributed by atoms with Crippen molar-refractivity contribution in [1.29, 1.82) is 0 Å². The molecule has 1 unspecified atom stereocenters. The Bertz CT molecular complexity index is 388. The van der Waals surface area contributed by atoms with E-state index in [4.69, 9.17) is 15.6 Å². The first-order chi connectivity index (χ1) is 7.45.